The van der Waals surface area contributed by atoms with Crippen LogP contribution in [-0.2, 0) is 0 Å². The molecule has 17 heavy (non-hydrogen) atoms. The first-order valence-corrected chi connectivity index (χ1v) is 6.58. The zero-order chi connectivity index (χ0) is 12.3. The number of H-pyrrole nitrogens is 1. The van der Waals surface area contributed by atoms with E-state index in [0.29, 0.717) is 11.7 Å². The number of aromatic amines is 1. The van der Waals surface area contributed by atoms with Gasteiger partial charge in [-0.25, -0.2) is 5.10 Å². The van der Waals surface area contributed by atoms with Gasteiger partial charge >= 0.3 is 0 Å². The quantitative estimate of drug-likeness (QED) is 0.873. The molecule has 0 atom stereocenters. The first-order chi connectivity index (χ1) is 8.20. The molecular weight excluding hydrogens is 238 g/mol. The molecule has 1 saturated carbocycles. The van der Waals surface area contributed by atoms with Gasteiger partial charge in [0.1, 0.15) is 5.02 Å². The molecule has 1 aromatic rings. The lowest BCUT2D eigenvalue weighted by atomic mass is 9.84. The minimum absolute atomic E-state index is 0.206. The van der Waals surface area contributed by atoms with Gasteiger partial charge < -0.3 is 5.32 Å². The number of rotatable bonds is 3. The van der Waals surface area contributed by atoms with E-state index in [2.05, 4.69) is 22.4 Å². The van der Waals surface area contributed by atoms with Crippen LogP contribution in [0.25, 0.3) is 0 Å². The molecule has 1 aromatic heterocycles. The van der Waals surface area contributed by atoms with E-state index < -0.39 is 0 Å². The third kappa shape index (κ3) is 3.00. The molecule has 0 spiro atoms. The van der Waals surface area contributed by atoms with Crippen LogP contribution in [0.2, 0.25) is 5.02 Å². The Morgan fingerprint density at radius 3 is 2.82 bits per heavy atom. The Morgan fingerprint density at radius 1 is 1.47 bits per heavy atom. The summed E-state index contributed by atoms with van der Waals surface area (Å²) in [6, 6.07) is 0.416. The molecule has 94 valence electrons. The van der Waals surface area contributed by atoms with Crippen molar-refractivity contribution < 1.29 is 0 Å². The van der Waals surface area contributed by atoms with Gasteiger partial charge in [0.05, 0.1) is 11.9 Å². The molecular formula is C12H18ClN3O. The summed E-state index contributed by atoms with van der Waals surface area (Å²) in [5.41, 5.74) is 0.314. The predicted molar refractivity (Wildman–Crippen MR) is 69.5 cm³/mol. The van der Waals surface area contributed by atoms with Crippen LogP contribution in [0.5, 0.6) is 0 Å². The molecule has 0 radical (unpaired) electrons. The third-order valence-corrected chi connectivity index (χ3v) is 3.95. The topological polar surface area (TPSA) is 57.8 Å². The average Bonchev–Trinajstić information content (AvgIpc) is 2.36. The van der Waals surface area contributed by atoms with Crippen molar-refractivity contribution in [2.24, 2.45) is 5.92 Å². The zero-order valence-corrected chi connectivity index (χ0v) is 10.8. The van der Waals surface area contributed by atoms with Gasteiger partial charge in [-0.05, 0) is 31.6 Å². The highest BCUT2D eigenvalue weighted by Crippen LogP contribution is 2.29. The average molecular weight is 256 g/mol. The van der Waals surface area contributed by atoms with E-state index in [9.17, 15) is 4.79 Å². The highest BCUT2D eigenvalue weighted by atomic mass is 35.5. The van der Waals surface area contributed by atoms with E-state index in [4.69, 9.17) is 11.6 Å². The van der Waals surface area contributed by atoms with Crippen LogP contribution in [0, 0.1) is 5.92 Å². The fourth-order valence-corrected chi connectivity index (χ4v) is 2.56. The normalized spacial score (nSPS) is 24.6. The van der Waals surface area contributed by atoms with Crippen LogP contribution in [-0.4, -0.2) is 16.2 Å². The molecule has 1 aliphatic carbocycles. The first-order valence-electron chi connectivity index (χ1n) is 6.20. The molecule has 1 aliphatic rings. The van der Waals surface area contributed by atoms with Crippen molar-refractivity contribution in [2.75, 3.05) is 5.32 Å². The second kappa shape index (κ2) is 5.54. The van der Waals surface area contributed by atoms with Gasteiger partial charge in [0, 0.05) is 6.04 Å². The summed E-state index contributed by atoms with van der Waals surface area (Å²) in [7, 11) is 0. The maximum absolute atomic E-state index is 11.3. The van der Waals surface area contributed by atoms with Crippen molar-refractivity contribution in [2.45, 2.75) is 45.1 Å². The maximum Gasteiger partial charge on any atom is 0.285 e. The molecule has 2 rings (SSSR count). The molecule has 0 aromatic carbocycles. The molecule has 5 heteroatoms. The molecule has 0 unspecified atom stereocenters. The van der Waals surface area contributed by atoms with Gasteiger partial charge in [-0.1, -0.05) is 24.9 Å². The summed E-state index contributed by atoms with van der Waals surface area (Å²) < 4.78 is 0. The van der Waals surface area contributed by atoms with E-state index in [1.165, 1.54) is 19.3 Å². The lowest BCUT2D eigenvalue weighted by Gasteiger charge is -2.29. The van der Waals surface area contributed by atoms with Gasteiger partial charge in [-0.15, -0.1) is 0 Å². The Hall–Kier alpha value is -1.03. The summed E-state index contributed by atoms with van der Waals surface area (Å²) in [5.74, 6) is 0.862. The summed E-state index contributed by atoms with van der Waals surface area (Å²) in [6.07, 6.45) is 7.63. The standard InChI is InChI=1S/C12H18ClN3O/c1-2-8-3-5-9(6-4-8)15-10-7-14-16-12(17)11(10)13/h7-9H,2-6H2,1H3,(H2,15,16,17). The van der Waals surface area contributed by atoms with Gasteiger partial charge in [-0.3, -0.25) is 4.79 Å². The lowest BCUT2D eigenvalue weighted by Crippen LogP contribution is -2.27. The van der Waals surface area contributed by atoms with Crippen molar-refractivity contribution in [3.05, 3.63) is 21.6 Å². The van der Waals surface area contributed by atoms with Crippen molar-refractivity contribution in [3.63, 3.8) is 0 Å². The molecule has 4 nitrogen and oxygen atoms in total. The van der Waals surface area contributed by atoms with Crippen LogP contribution >= 0.6 is 11.6 Å². The van der Waals surface area contributed by atoms with Crippen molar-refractivity contribution in [3.8, 4) is 0 Å². The van der Waals surface area contributed by atoms with Crippen molar-refractivity contribution >= 4 is 17.3 Å². The third-order valence-electron chi connectivity index (χ3n) is 3.58. The zero-order valence-electron chi connectivity index (χ0n) is 10.0. The molecule has 1 heterocycles. The number of hydrogen-bond acceptors (Lipinski definition) is 3. The highest BCUT2D eigenvalue weighted by Gasteiger charge is 2.20. The van der Waals surface area contributed by atoms with Crippen LogP contribution in [0.4, 0.5) is 5.69 Å². The van der Waals surface area contributed by atoms with Gasteiger partial charge in [-0.2, -0.15) is 5.10 Å². The Morgan fingerprint density at radius 2 is 2.18 bits per heavy atom. The Balaban J connectivity index is 1.98. The van der Waals surface area contributed by atoms with Crippen LogP contribution < -0.4 is 10.9 Å². The largest absolute Gasteiger partial charge is 0.380 e. The molecule has 0 saturated heterocycles. The lowest BCUT2D eigenvalue weighted by molar-refractivity contribution is 0.330. The van der Waals surface area contributed by atoms with Crippen LogP contribution in [0.3, 0.4) is 0 Å². The van der Waals surface area contributed by atoms with E-state index in [1.54, 1.807) is 6.20 Å². The number of anilines is 1. The first kappa shape index (κ1) is 12.4. The van der Waals surface area contributed by atoms with E-state index in [1.807, 2.05) is 0 Å². The van der Waals surface area contributed by atoms with E-state index in [-0.39, 0.29) is 10.6 Å². The fourth-order valence-electron chi connectivity index (χ4n) is 2.42. The maximum atomic E-state index is 11.3. The summed E-state index contributed by atoms with van der Waals surface area (Å²) in [5, 5.41) is 9.60. The van der Waals surface area contributed by atoms with Gasteiger partial charge in [0.2, 0.25) is 0 Å². The van der Waals surface area contributed by atoms with Crippen LogP contribution in [0.1, 0.15) is 39.0 Å². The van der Waals surface area contributed by atoms with Crippen molar-refractivity contribution in [1.82, 2.24) is 10.2 Å². The Bertz CT molecular complexity index is 424. The number of nitrogens with one attached hydrogen (secondary N) is 2. The van der Waals surface area contributed by atoms with Crippen LogP contribution in [0.15, 0.2) is 11.0 Å². The predicted octanol–water partition coefficient (Wildman–Crippen LogP) is 2.80. The number of aromatic nitrogens is 2. The van der Waals surface area contributed by atoms with E-state index >= 15 is 0 Å². The second-order valence-corrected chi connectivity index (χ2v) is 5.07. The minimum Gasteiger partial charge on any atom is -0.380 e. The minimum atomic E-state index is -0.334. The summed E-state index contributed by atoms with van der Waals surface area (Å²) >= 11 is 5.92. The Labute approximate surface area is 106 Å². The number of hydrogen-bond donors (Lipinski definition) is 2. The Kier molecular flexibility index (Phi) is 4.05. The SMILES string of the molecule is CCC1CCC(Nc2cn[nH]c(=O)c2Cl)CC1. The second-order valence-electron chi connectivity index (χ2n) is 4.70. The summed E-state index contributed by atoms with van der Waals surface area (Å²) in [4.78, 5) is 11.3. The molecule has 0 amide bonds. The fraction of sp³-hybridized carbons (Fsp3) is 0.667. The molecule has 0 bridgehead atoms. The molecule has 1 fully saturated rings. The number of halogens is 1. The van der Waals surface area contributed by atoms with Crippen molar-refractivity contribution in [1.29, 1.82) is 0 Å². The smallest absolute Gasteiger partial charge is 0.285 e. The molecule has 0 aliphatic heterocycles. The highest BCUT2D eigenvalue weighted by molar-refractivity contribution is 6.32. The van der Waals surface area contributed by atoms with Gasteiger partial charge in [0.15, 0.2) is 0 Å². The van der Waals surface area contributed by atoms with E-state index in [0.717, 1.165) is 18.8 Å². The van der Waals surface area contributed by atoms with Gasteiger partial charge in [0.25, 0.3) is 5.56 Å². The number of nitrogens with zero attached hydrogens (tertiary/aromatic N) is 1. The monoisotopic (exact) mass is 255 g/mol. The summed E-state index contributed by atoms with van der Waals surface area (Å²) in [6.45, 7) is 2.25. The molecule has 2 N–H and O–H groups in total.